The molecule has 4 nitrogen and oxygen atoms in total. The van der Waals surface area contributed by atoms with Crippen LogP contribution in [0.5, 0.6) is 5.75 Å². The predicted molar refractivity (Wildman–Crippen MR) is 165 cm³/mol. The lowest BCUT2D eigenvalue weighted by Crippen LogP contribution is -2.46. The first-order chi connectivity index (χ1) is 18.3. The Kier molecular flexibility index (Phi) is 15.4. The minimum absolute atomic E-state index is 0.135. The van der Waals surface area contributed by atoms with Crippen molar-refractivity contribution in [2.45, 2.75) is 168 Å². The molecular weight excluding hydrogens is 484 g/mol. The number of carbonyl (C=O) groups is 2. The summed E-state index contributed by atoms with van der Waals surface area (Å²) in [5.41, 5.74) is -1.19. The molecule has 2 N–H and O–H groups in total. The molecule has 39 heavy (non-hydrogen) atoms. The van der Waals surface area contributed by atoms with Crippen molar-refractivity contribution in [3.63, 3.8) is 0 Å². The molecule has 1 aromatic rings. The Balaban J connectivity index is 2.62. The second-order valence-corrected chi connectivity index (χ2v) is 14.1. The van der Waals surface area contributed by atoms with Gasteiger partial charge in [0.05, 0.1) is 0 Å². The number of hydrogen-bond acceptors (Lipinski definition) is 3. The van der Waals surface area contributed by atoms with Gasteiger partial charge < -0.3 is 10.2 Å². The number of phenolic OH excluding ortho intramolecular Hbond substituents is 1. The van der Waals surface area contributed by atoms with Crippen LogP contribution in [-0.2, 0) is 20.4 Å². The van der Waals surface area contributed by atoms with Crippen LogP contribution < -0.4 is 0 Å². The maximum atomic E-state index is 13.7. The van der Waals surface area contributed by atoms with Gasteiger partial charge in [-0.3, -0.25) is 9.59 Å². The summed E-state index contributed by atoms with van der Waals surface area (Å²) in [6, 6.07) is 4.94. The molecule has 0 spiro atoms. The lowest BCUT2D eigenvalue weighted by atomic mass is 9.65. The number of unbranched alkanes of at least 4 members (excludes halogenated alkanes) is 14. The van der Waals surface area contributed by atoms with Gasteiger partial charge in [0.25, 0.3) is 0 Å². The van der Waals surface area contributed by atoms with Gasteiger partial charge in [0.2, 0.25) is 0 Å². The highest BCUT2D eigenvalue weighted by Crippen LogP contribution is 2.42. The molecule has 0 fully saturated rings. The van der Waals surface area contributed by atoms with Crippen molar-refractivity contribution in [3.05, 3.63) is 29.3 Å². The standard InChI is InChI=1S/C35H60O4/c1-8-9-10-11-12-13-14-15-16-17-18-19-20-21-22-23-31(37)35(32(38)39,27-33(2,3)4)28-24-25-30(36)29(26-28)34(5,6)7/h24-26,36H,8-23,27H2,1-7H3,(H,38,39). The van der Waals surface area contributed by atoms with Gasteiger partial charge in [0, 0.05) is 6.42 Å². The zero-order valence-electron chi connectivity index (χ0n) is 26.5. The summed E-state index contributed by atoms with van der Waals surface area (Å²) in [5.74, 6) is -1.17. The Morgan fingerprint density at radius 2 is 1.13 bits per heavy atom. The third kappa shape index (κ3) is 12.5. The van der Waals surface area contributed by atoms with E-state index in [4.69, 9.17) is 0 Å². The molecule has 0 amide bonds. The van der Waals surface area contributed by atoms with Crippen molar-refractivity contribution in [3.8, 4) is 5.75 Å². The van der Waals surface area contributed by atoms with Crippen LogP contribution in [0.15, 0.2) is 18.2 Å². The van der Waals surface area contributed by atoms with Crippen molar-refractivity contribution in [2.24, 2.45) is 5.41 Å². The smallest absolute Gasteiger partial charge is 0.321 e. The van der Waals surface area contributed by atoms with E-state index >= 15 is 0 Å². The number of ketones is 1. The average molecular weight is 545 g/mol. The molecule has 224 valence electrons. The van der Waals surface area contributed by atoms with Gasteiger partial charge in [-0.1, -0.05) is 144 Å². The van der Waals surface area contributed by atoms with E-state index < -0.39 is 11.4 Å². The molecule has 0 heterocycles. The van der Waals surface area contributed by atoms with E-state index in [0.717, 1.165) is 19.3 Å². The van der Waals surface area contributed by atoms with Crippen LogP contribution >= 0.6 is 0 Å². The van der Waals surface area contributed by atoms with Gasteiger partial charge in [-0.05, 0) is 46.9 Å². The van der Waals surface area contributed by atoms with Crippen LogP contribution in [0.1, 0.15) is 169 Å². The molecule has 0 saturated heterocycles. The van der Waals surface area contributed by atoms with Crippen LogP contribution in [0.3, 0.4) is 0 Å². The van der Waals surface area contributed by atoms with Gasteiger partial charge in [-0.2, -0.15) is 0 Å². The fourth-order valence-corrected chi connectivity index (χ4v) is 5.75. The number of carboxylic acid groups (broad SMARTS) is 1. The third-order valence-corrected chi connectivity index (χ3v) is 7.94. The van der Waals surface area contributed by atoms with Crippen LogP contribution in [0.25, 0.3) is 0 Å². The molecular formula is C35H60O4. The lowest BCUT2D eigenvalue weighted by molar-refractivity contribution is -0.150. The summed E-state index contributed by atoms with van der Waals surface area (Å²) in [7, 11) is 0. The highest BCUT2D eigenvalue weighted by molar-refractivity contribution is 6.09. The SMILES string of the molecule is CCCCCCCCCCCCCCCCCC(=O)C(CC(C)(C)C)(C(=O)O)c1ccc(O)c(C(C)(C)C)c1. The number of phenols is 1. The summed E-state index contributed by atoms with van der Waals surface area (Å²) < 4.78 is 0. The summed E-state index contributed by atoms with van der Waals surface area (Å²) in [4.78, 5) is 26.6. The topological polar surface area (TPSA) is 74.6 Å². The number of benzene rings is 1. The molecule has 1 atom stereocenters. The normalized spacial score (nSPS) is 13.8. The van der Waals surface area contributed by atoms with Crippen molar-refractivity contribution < 1.29 is 19.8 Å². The largest absolute Gasteiger partial charge is 0.508 e. The number of rotatable bonds is 20. The third-order valence-electron chi connectivity index (χ3n) is 7.94. The van der Waals surface area contributed by atoms with E-state index in [1.807, 2.05) is 41.5 Å². The van der Waals surface area contributed by atoms with Crippen LogP contribution in [0, 0.1) is 5.41 Å². The zero-order valence-corrected chi connectivity index (χ0v) is 26.5. The molecule has 0 aliphatic carbocycles. The van der Waals surface area contributed by atoms with E-state index in [9.17, 15) is 19.8 Å². The number of Topliss-reactive ketones (excluding diaryl/α,β-unsaturated/α-hetero) is 1. The van der Waals surface area contributed by atoms with E-state index in [-0.39, 0.29) is 35.2 Å². The Hall–Kier alpha value is -1.84. The molecule has 0 aliphatic heterocycles. The van der Waals surface area contributed by atoms with Crippen molar-refractivity contribution in [1.82, 2.24) is 0 Å². The van der Waals surface area contributed by atoms with E-state index in [1.165, 1.54) is 77.0 Å². The fraction of sp³-hybridized carbons (Fsp3) is 0.771. The van der Waals surface area contributed by atoms with Crippen LogP contribution in [0.2, 0.25) is 0 Å². The molecule has 0 saturated carbocycles. The highest BCUT2D eigenvalue weighted by Gasteiger charge is 2.49. The number of carboxylic acids is 1. The van der Waals surface area contributed by atoms with Gasteiger partial charge in [-0.25, -0.2) is 0 Å². The molecule has 1 aromatic carbocycles. The number of carbonyl (C=O) groups excluding carboxylic acids is 1. The van der Waals surface area contributed by atoms with Gasteiger partial charge in [0.15, 0.2) is 11.2 Å². The first-order valence-corrected chi connectivity index (χ1v) is 15.9. The van der Waals surface area contributed by atoms with Crippen molar-refractivity contribution in [2.75, 3.05) is 0 Å². The maximum absolute atomic E-state index is 13.7. The molecule has 0 aromatic heterocycles. The summed E-state index contributed by atoms with van der Waals surface area (Å²) in [6.45, 7) is 14.2. The number of hydrogen-bond donors (Lipinski definition) is 2. The quantitative estimate of drug-likeness (QED) is 0.126. The van der Waals surface area contributed by atoms with Crippen molar-refractivity contribution in [1.29, 1.82) is 0 Å². The van der Waals surface area contributed by atoms with E-state index in [2.05, 4.69) is 6.92 Å². The Morgan fingerprint density at radius 1 is 0.692 bits per heavy atom. The van der Waals surface area contributed by atoms with Gasteiger partial charge in [0.1, 0.15) is 5.75 Å². The highest BCUT2D eigenvalue weighted by atomic mass is 16.4. The number of aliphatic carboxylic acids is 1. The second kappa shape index (κ2) is 17.1. The second-order valence-electron chi connectivity index (χ2n) is 14.1. The average Bonchev–Trinajstić information content (AvgIpc) is 2.83. The van der Waals surface area contributed by atoms with E-state index in [0.29, 0.717) is 11.1 Å². The Labute approximate surface area is 240 Å². The molecule has 0 radical (unpaired) electrons. The molecule has 0 aliphatic rings. The fourth-order valence-electron chi connectivity index (χ4n) is 5.75. The van der Waals surface area contributed by atoms with E-state index in [1.54, 1.807) is 18.2 Å². The summed E-state index contributed by atoms with van der Waals surface area (Å²) in [6.07, 6.45) is 19.3. The molecule has 1 rings (SSSR count). The predicted octanol–water partition coefficient (Wildman–Crippen LogP) is 10.3. The minimum atomic E-state index is -1.61. The van der Waals surface area contributed by atoms with Gasteiger partial charge in [-0.15, -0.1) is 0 Å². The first kappa shape index (κ1) is 35.2. The molecule has 4 heteroatoms. The monoisotopic (exact) mass is 544 g/mol. The lowest BCUT2D eigenvalue weighted by Gasteiger charge is -2.35. The van der Waals surface area contributed by atoms with Gasteiger partial charge >= 0.3 is 5.97 Å². The Bertz CT molecular complexity index is 858. The zero-order chi connectivity index (χ0) is 29.5. The van der Waals surface area contributed by atoms with Crippen LogP contribution in [-0.4, -0.2) is 22.0 Å². The first-order valence-electron chi connectivity index (χ1n) is 15.9. The minimum Gasteiger partial charge on any atom is -0.508 e. The number of aromatic hydroxyl groups is 1. The molecule has 0 bridgehead atoms. The summed E-state index contributed by atoms with van der Waals surface area (Å²) in [5, 5.41) is 21.0. The Morgan fingerprint density at radius 3 is 1.51 bits per heavy atom. The molecule has 1 unspecified atom stereocenters. The van der Waals surface area contributed by atoms with Crippen molar-refractivity contribution >= 4 is 11.8 Å². The summed E-state index contributed by atoms with van der Waals surface area (Å²) >= 11 is 0. The maximum Gasteiger partial charge on any atom is 0.321 e. The van der Waals surface area contributed by atoms with Crippen LogP contribution in [0.4, 0.5) is 0 Å².